The van der Waals surface area contributed by atoms with Crippen molar-refractivity contribution in [2.75, 3.05) is 19.6 Å². The summed E-state index contributed by atoms with van der Waals surface area (Å²) in [6.07, 6.45) is 4.15. The van der Waals surface area contributed by atoms with Crippen LogP contribution in [-0.4, -0.2) is 55.2 Å². The van der Waals surface area contributed by atoms with Gasteiger partial charge in [0.25, 0.3) is 11.5 Å². The smallest absolute Gasteiger partial charge is 0.332 e. The maximum absolute atomic E-state index is 13.0. The molecule has 1 amide bonds. The Morgan fingerprint density at radius 2 is 1.78 bits per heavy atom. The molecule has 0 aliphatic carbocycles. The highest BCUT2D eigenvalue weighted by Crippen LogP contribution is 2.13. The first-order valence-electron chi connectivity index (χ1n) is 10.7. The highest BCUT2D eigenvalue weighted by molar-refractivity contribution is 5.94. The van der Waals surface area contributed by atoms with Crippen molar-refractivity contribution in [1.82, 2.24) is 28.9 Å². The van der Waals surface area contributed by atoms with Crippen molar-refractivity contribution in [2.24, 2.45) is 14.1 Å². The molecule has 9 nitrogen and oxygen atoms in total. The minimum atomic E-state index is -0.387. The zero-order valence-electron chi connectivity index (χ0n) is 18.3. The van der Waals surface area contributed by atoms with E-state index in [0.717, 1.165) is 43.5 Å². The van der Waals surface area contributed by atoms with Crippen LogP contribution < -0.4 is 16.6 Å². The summed E-state index contributed by atoms with van der Waals surface area (Å²) in [5.41, 5.74) is 0.582. The van der Waals surface area contributed by atoms with Crippen LogP contribution in [0, 0.1) is 5.82 Å². The van der Waals surface area contributed by atoms with E-state index < -0.39 is 0 Å². The molecule has 1 aromatic carbocycles. The Hall–Kier alpha value is -3.27. The number of nitrogens with zero attached hydrogens (tertiary/aromatic N) is 5. The monoisotopic (exact) mass is 442 g/mol. The van der Waals surface area contributed by atoms with Crippen molar-refractivity contribution in [2.45, 2.75) is 31.8 Å². The van der Waals surface area contributed by atoms with E-state index in [1.165, 1.54) is 35.9 Å². The number of hydrogen-bond donors (Lipinski definition) is 1. The lowest BCUT2D eigenvalue weighted by molar-refractivity contribution is 0.0910. The van der Waals surface area contributed by atoms with Crippen LogP contribution in [0.4, 0.5) is 4.39 Å². The normalized spacial score (nSPS) is 15.3. The molecule has 1 aliphatic rings. The molecular formula is C22H27FN6O3. The van der Waals surface area contributed by atoms with Crippen LogP contribution >= 0.6 is 0 Å². The number of imidazole rings is 1. The molecule has 2 aromatic heterocycles. The maximum atomic E-state index is 13.0. The van der Waals surface area contributed by atoms with Gasteiger partial charge in [-0.15, -0.1) is 0 Å². The molecule has 0 bridgehead atoms. The number of piperidine rings is 1. The molecule has 4 rings (SSSR count). The fourth-order valence-corrected chi connectivity index (χ4v) is 4.20. The minimum absolute atomic E-state index is 0.103. The molecule has 0 spiro atoms. The van der Waals surface area contributed by atoms with Crippen LogP contribution in [0.3, 0.4) is 0 Å². The van der Waals surface area contributed by atoms with Crippen molar-refractivity contribution < 1.29 is 9.18 Å². The molecule has 0 radical (unpaired) electrons. The summed E-state index contributed by atoms with van der Waals surface area (Å²) in [6.45, 7) is 3.24. The number of benzene rings is 1. The molecule has 0 atom stereocenters. The van der Waals surface area contributed by atoms with Gasteiger partial charge >= 0.3 is 5.69 Å². The van der Waals surface area contributed by atoms with E-state index >= 15 is 0 Å². The molecule has 1 aliphatic heterocycles. The largest absolute Gasteiger partial charge is 0.349 e. The first-order valence-corrected chi connectivity index (χ1v) is 10.7. The summed E-state index contributed by atoms with van der Waals surface area (Å²) < 4.78 is 17.3. The van der Waals surface area contributed by atoms with E-state index in [1.807, 2.05) is 4.57 Å². The number of halogens is 1. The van der Waals surface area contributed by atoms with Crippen LogP contribution in [0.25, 0.3) is 11.2 Å². The van der Waals surface area contributed by atoms with Gasteiger partial charge in [0.2, 0.25) is 0 Å². The predicted molar refractivity (Wildman–Crippen MR) is 118 cm³/mol. The van der Waals surface area contributed by atoms with Gasteiger partial charge in [-0.25, -0.2) is 14.2 Å². The third kappa shape index (κ3) is 4.36. The fourth-order valence-electron chi connectivity index (χ4n) is 4.20. The average Bonchev–Trinajstić information content (AvgIpc) is 3.22. The van der Waals surface area contributed by atoms with Crippen LogP contribution in [0.15, 0.2) is 40.2 Å². The van der Waals surface area contributed by atoms with E-state index in [2.05, 4.69) is 15.2 Å². The Labute approximate surface area is 184 Å². The van der Waals surface area contributed by atoms with Gasteiger partial charge in [-0.05, 0) is 50.1 Å². The number of likely N-dealkylation sites (tertiary alicyclic amines) is 1. The Balaban J connectivity index is 1.28. The molecule has 32 heavy (non-hydrogen) atoms. The SMILES string of the molecule is Cn1c(=O)c2c(ncn2CCCN2CCC(NC(=O)c3ccc(F)cc3)CC2)n(C)c1=O. The third-order valence-corrected chi connectivity index (χ3v) is 6.12. The molecule has 10 heteroatoms. The van der Waals surface area contributed by atoms with Crippen LogP contribution in [-0.2, 0) is 20.6 Å². The lowest BCUT2D eigenvalue weighted by Gasteiger charge is -2.32. The first-order chi connectivity index (χ1) is 15.3. The molecule has 1 N–H and O–H groups in total. The molecule has 170 valence electrons. The second kappa shape index (κ2) is 9.07. The van der Waals surface area contributed by atoms with Crippen molar-refractivity contribution in [1.29, 1.82) is 0 Å². The van der Waals surface area contributed by atoms with E-state index in [-0.39, 0.29) is 29.0 Å². The predicted octanol–water partition coefficient (Wildman–Crippen LogP) is 0.857. The van der Waals surface area contributed by atoms with Crippen molar-refractivity contribution >= 4 is 17.1 Å². The number of aryl methyl sites for hydroxylation is 2. The zero-order valence-corrected chi connectivity index (χ0v) is 18.3. The number of nitrogens with one attached hydrogen (secondary N) is 1. The van der Waals surface area contributed by atoms with Gasteiger partial charge in [0.1, 0.15) is 5.82 Å². The minimum Gasteiger partial charge on any atom is -0.349 e. The number of fused-ring (bicyclic) bond motifs is 1. The van der Waals surface area contributed by atoms with E-state index in [9.17, 15) is 18.8 Å². The number of carbonyl (C=O) groups excluding carboxylic acids is 1. The molecule has 0 saturated carbocycles. The topological polar surface area (TPSA) is 94.2 Å². The molecular weight excluding hydrogens is 415 g/mol. The summed E-state index contributed by atoms with van der Waals surface area (Å²) in [7, 11) is 3.08. The fraction of sp³-hybridized carbons (Fsp3) is 0.455. The van der Waals surface area contributed by atoms with Crippen molar-refractivity contribution in [3.05, 3.63) is 62.8 Å². The van der Waals surface area contributed by atoms with Gasteiger partial charge in [-0.2, -0.15) is 0 Å². The maximum Gasteiger partial charge on any atom is 0.332 e. The molecule has 0 unspecified atom stereocenters. The Kier molecular flexibility index (Phi) is 6.22. The number of rotatable bonds is 6. The highest BCUT2D eigenvalue weighted by Gasteiger charge is 2.21. The second-order valence-electron chi connectivity index (χ2n) is 8.27. The lowest BCUT2D eigenvalue weighted by atomic mass is 10.0. The Morgan fingerprint density at radius 3 is 2.47 bits per heavy atom. The highest BCUT2D eigenvalue weighted by atomic mass is 19.1. The van der Waals surface area contributed by atoms with Crippen molar-refractivity contribution in [3.63, 3.8) is 0 Å². The van der Waals surface area contributed by atoms with Gasteiger partial charge in [-0.3, -0.25) is 18.7 Å². The summed E-state index contributed by atoms with van der Waals surface area (Å²) in [4.78, 5) is 43.5. The average molecular weight is 442 g/mol. The number of carbonyl (C=O) groups is 1. The van der Waals surface area contributed by atoms with E-state index in [1.54, 1.807) is 13.4 Å². The summed E-state index contributed by atoms with van der Waals surface area (Å²) in [5, 5.41) is 3.03. The van der Waals surface area contributed by atoms with Gasteiger partial charge in [0, 0.05) is 45.3 Å². The van der Waals surface area contributed by atoms with Crippen LogP contribution in [0.1, 0.15) is 29.6 Å². The van der Waals surface area contributed by atoms with E-state index in [0.29, 0.717) is 23.3 Å². The van der Waals surface area contributed by atoms with Gasteiger partial charge < -0.3 is 14.8 Å². The Bertz CT molecular complexity index is 1240. The van der Waals surface area contributed by atoms with E-state index in [4.69, 9.17) is 0 Å². The molecule has 1 saturated heterocycles. The molecule has 3 aromatic rings. The lowest BCUT2D eigenvalue weighted by Crippen LogP contribution is -2.45. The standard InChI is InChI=1S/C22H27FN6O3/c1-26-19-18(21(31)27(2)22(26)32)29(14-24-19)11-3-10-28-12-8-17(9-13-28)25-20(30)15-4-6-16(23)7-5-15/h4-7,14,17H,3,8-13H2,1-2H3,(H,25,30). The van der Waals surface area contributed by atoms with Gasteiger partial charge in [0.05, 0.1) is 6.33 Å². The van der Waals surface area contributed by atoms with Crippen LogP contribution in [0.5, 0.6) is 0 Å². The summed E-state index contributed by atoms with van der Waals surface area (Å²) in [6, 6.07) is 5.66. The Morgan fingerprint density at radius 1 is 1.09 bits per heavy atom. The second-order valence-corrected chi connectivity index (χ2v) is 8.27. The van der Waals surface area contributed by atoms with Crippen molar-refractivity contribution in [3.8, 4) is 0 Å². The number of hydrogen-bond acceptors (Lipinski definition) is 5. The van der Waals surface area contributed by atoms with Gasteiger partial charge in [0.15, 0.2) is 11.2 Å². The quantitative estimate of drug-likeness (QED) is 0.611. The van der Waals surface area contributed by atoms with Gasteiger partial charge in [-0.1, -0.05) is 0 Å². The summed E-state index contributed by atoms with van der Waals surface area (Å²) >= 11 is 0. The van der Waals surface area contributed by atoms with Crippen LogP contribution in [0.2, 0.25) is 0 Å². The number of aromatic nitrogens is 4. The number of amides is 1. The third-order valence-electron chi connectivity index (χ3n) is 6.12. The zero-order chi connectivity index (χ0) is 22.8. The molecule has 3 heterocycles. The summed E-state index contributed by atoms with van der Waals surface area (Å²) in [5.74, 6) is -0.533. The molecule has 1 fully saturated rings. The first kappa shape index (κ1) is 21.9.